The summed E-state index contributed by atoms with van der Waals surface area (Å²) in [4.78, 5) is 24.2. The first-order valence-corrected chi connectivity index (χ1v) is 7.09. The third-order valence-corrected chi connectivity index (χ3v) is 3.62. The minimum atomic E-state index is -0.838. The predicted molar refractivity (Wildman–Crippen MR) is 80.6 cm³/mol. The molecule has 0 bridgehead atoms. The maximum atomic E-state index is 12.7. The van der Waals surface area contributed by atoms with Crippen molar-refractivity contribution in [1.29, 1.82) is 0 Å². The van der Waals surface area contributed by atoms with Crippen molar-refractivity contribution in [3.8, 4) is 0 Å². The Bertz CT molecular complexity index is 534. The zero-order valence-electron chi connectivity index (χ0n) is 12.7. The lowest BCUT2D eigenvalue weighted by molar-refractivity contribution is -0.163. The van der Waals surface area contributed by atoms with Crippen LogP contribution in [0.4, 0.5) is 5.69 Å². The normalized spacial score (nSPS) is 22.5. The maximum absolute atomic E-state index is 12.7. The highest BCUT2D eigenvalue weighted by Crippen LogP contribution is 2.34. The second kappa shape index (κ2) is 5.39. The second-order valence-electron chi connectivity index (χ2n) is 6.48. The Morgan fingerprint density at radius 3 is 2.38 bits per heavy atom. The molecule has 21 heavy (non-hydrogen) atoms. The van der Waals surface area contributed by atoms with Crippen LogP contribution in [0.2, 0.25) is 0 Å². The number of hydrogen-bond donors (Lipinski definition) is 2. The summed E-state index contributed by atoms with van der Waals surface area (Å²) >= 11 is 0. The number of ether oxygens (including phenoxy) is 1. The van der Waals surface area contributed by atoms with Crippen LogP contribution in [0.3, 0.4) is 0 Å². The fraction of sp³-hybridized carbons (Fsp3) is 0.500. The SMILES string of the molecule is CC(C)(C)OC(=O)C1(c2ccc(N)cc2)CCC(=O)NC1. The number of carbonyl (C=O) groups is 2. The highest BCUT2D eigenvalue weighted by atomic mass is 16.6. The van der Waals surface area contributed by atoms with Crippen molar-refractivity contribution in [1.82, 2.24) is 5.32 Å². The van der Waals surface area contributed by atoms with Crippen molar-refractivity contribution in [2.45, 2.75) is 44.6 Å². The largest absolute Gasteiger partial charge is 0.459 e. The first kappa shape index (κ1) is 15.4. The molecule has 1 atom stereocenters. The van der Waals surface area contributed by atoms with Gasteiger partial charge < -0.3 is 15.8 Å². The van der Waals surface area contributed by atoms with Gasteiger partial charge in [0.2, 0.25) is 5.91 Å². The Balaban J connectivity index is 2.37. The predicted octanol–water partition coefficient (Wildman–Crippen LogP) is 1.76. The summed E-state index contributed by atoms with van der Waals surface area (Å²) in [6.07, 6.45) is 0.751. The number of anilines is 1. The summed E-state index contributed by atoms with van der Waals surface area (Å²) in [6.45, 7) is 5.76. The summed E-state index contributed by atoms with van der Waals surface area (Å²) in [5, 5.41) is 2.78. The number of rotatable bonds is 2. The molecule has 1 saturated heterocycles. The van der Waals surface area contributed by atoms with Crippen LogP contribution in [0.15, 0.2) is 24.3 Å². The molecule has 0 spiro atoms. The molecule has 0 aromatic heterocycles. The van der Waals surface area contributed by atoms with Gasteiger partial charge in [-0.2, -0.15) is 0 Å². The number of benzene rings is 1. The average Bonchev–Trinajstić information content (AvgIpc) is 2.39. The fourth-order valence-corrected chi connectivity index (χ4v) is 2.47. The van der Waals surface area contributed by atoms with E-state index in [1.54, 1.807) is 12.1 Å². The lowest BCUT2D eigenvalue weighted by Gasteiger charge is -2.37. The summed E-state index contributed by atoms with van der Waals surface area (Å²) in [6, 6.07) is 7.18. The third-order valence-electron chi connectivity index (χ3n) is 3.62. The molecule has 1 aromatic rings. The molecular formula is C16H22N2O3. The Hall–Kier alpha value is -2.04. The topological polar surface area (TPSA) is 81.4 Å². The number of carbonyl (C=O) groups excluding carboxylic acids is 2. The zero-order valence-corrected chi connectivity index (χ0v) is 12.7. The lowest BCUT2D eigenvalue weighted by atomic mass is 9.74. The molecule has 1 fully saturated rings. The number of hydrogen-bond acceptors (Lipinski definition) is 4. The van der Waals surface area contributed by atoms with Gasteiger partial charge in [-0.3, -0.25) is 9.59 Å². The van der Waals surface area contributed by atoms with Gasteiger partial charge in [-0.15, -0.1) is 0 Å². The summed E-state index contributed by atoms with van der Waals surface area (Å²) in [5.74, 6) is -0.343. The molecule has 1 aromatic carbocycles. The van der Waals surface area contributed by atoms with Crippen LogP contribution in [0.25, 0.3) is 0 Å². The van der Waals surface area contributed by atoms with Crippen LogP contribution in [-0.4, -0.2) is 24.0 Å². The molecule has 114 valence electrons. The number of esters is 1. The van der Waals surface area contributed by atoms with E-state index in [2.05, 4.69) is 5.32 Å². The standard InChI is InChI=1S/C16H22N2O3/c1-15(2,3)21-14(20)16(9-8-13(19)18-10-16)11-4-6-12(17)7-5-11/h4-7H,8-10,17H2,1-3H3,(H,18,19). The minimum absolute atomic E-state index is 0.0374. The molecule has 1 amide bonds. The van der Waals surface area contributed by atoms with E-state index in [1.807, 2.05) is 32.9 Å². The number of nitrogens with two attached hydrogens (primary N) is 1. The molecule has 0 aliphatic carbocycles. The molecule has 5 nitrogen and oxygen atoms in total. The average molecular weight is 290 g/mol. The number of nitrogen functional groups attached to an aromatic ring is 1. The highest BCUT2D eigenvalue weighted by molar-refractivity contribution is 5.88. The summed E-state index contributed by atoms with van der Waals surface area (Å²) in [5.41, 5.74) is 5.77. The Kier molecular flexibility index (Phi) is 3.94. The molecule has 1 aliphatic heterocycles. The van der Waals surface area contributed by atoms with Gasteiger partial charge in [-0.1, -0.05) is 12.1 Å². The Labute approximate surface area is 124 Å². The first-order chi connectivity index (χ1) is 9.73. The number of piperidine rings is 1. The van der Waals surface area contributed by atoms with E-state index in [4.69, 9.17) is 10.5 Å². The minimum Gasteiger partial charge on any atom is -0.459 e. The van der Waals surface area contributed by atoms with Gasteiger partial charge in [0.25, 0.3) is 0 Å². The van der Waals surface area contributed by atoms with Gasteiger partial charge in [0.05, 0.1) is 0 Å². The van der Waals surface area contributed by atoms with Crippen LogP contribution >= 0.6 is 0 Å². The van der Waals surface area contributed by atoms with Gasteiger partial charge in [-0.05, 0) is 44.9 Å². The van der Waals surface area contributed by atoms with Crippen molar-refractivity contribution in [3.05, 3.63) is 29.8 Å². The smallest absolute Gasteiger partial charge is 0.318 e. The highest BCUT2D eigenvalue weighted by Gasteiger charge is 2.45. The van der Waals surface area contributed by atoms with Gasteiger partial charge in [0.1, 0.15) is 11.0 Å². The van der Waals surface area contributed by atoms with Gasteiger partial charge >= 0.3 is 5.97 Å². The molecule has 1 heterocycles. The summed E-state index contributed by atoms with van der Waals surface area (Å²) < 4.78 is 5.58. The Morgan fingerprint density at radius 2 is 1.90 bits per heavy atom. The van der Waals surface area contributed by atoms with Crippen molar-refractivity contribution >= 4 is 17.6 Å². The number of amides is 1. The van der Waals surface area contributed by atoms with E-state index in [1.165, 1.54) is 0 Å². The molecule has 2 rings (SSSR count). The van der Waals surface area contributed by atoms with Crippen LogP contribution < -0.4 is 11.1 Å². The van der Waals surface area contributed by atoms with Gasteiger partial charge in [-0.25, -0.2) is 0 Å². The van der Waals surface area contributed by atoms with E-state index in [9.17, 15) is 9.59 Å². The molecule has 0 saturated carbocycles. The molecule has 1 aliphatic rings. The summed E-state index contributed by atoms with van der Waals surface area (Å²) in [7, 11) is 0. The maximum Gasteiger partial charge on any atom is 0.318 e. The van der Waals surface area contributed by atoms with Crippen molar-refractivity contribution < 1.29 is 14.3 Å². The van der Waals surface area contributed by atoms with E-state index < -0.39 is 11.0 Å². The molecule has 1 unspecified atom stereocenters. The lowest BCUT2D eigenvalue weighted by Crippen LogP contribution is -2.53. The van der Waals surface area contributed by atoms with Crippen molar-refractivity contribution in [2.24, 2.45) is 0 Å². The zero-order chi connectivity index (χ0) is 15.7. The Morgan fingerprint density at radius 1 is 1.29 bits per heavy atom. The van der Waals surface area contributed by atoms with Crippen LogP contribution in [0.1, 0.15) is 39.2 Å². The van der Waals surface area contributed by atoms with Crippen LogP contribution in [0.5, 0.6) is 0 Å². The van der Waals surface area contributed by atoms with Crippen LogP contribution in [0, 0.1) is 0 Å². The molecule has 5 heteroatoms. The molecular weight excluding hydrogens is 268 g/mol. The van der Waals surface area contributed by atoms with E-state index >= 15 is 0 Å². The van der Waals surface area contributed by atoms with Crippen LogP contribution in [-0.2, 0) is 19.7 Å². The van der Waals surface area contributed by atoms with Gasteiger partial charge in [0.15, 0.2) is 0 Å². The monoisotopic (exact) mass is 290 g/mol. The third kappa shape index (κ3) is 3.35. The van der Waals surface area contributed by atoms with Crippen molar-refractivity contribution in [3.63, 3.8) is 0 Å². The number of nitrogens with one attached hydrogen (secondary N) is 1. The van der Waals surface area contributed by atoms with E-state index in [0.29, 0.717) is 18.5 Å². The second-order valence-corrected chi connectivity index (χ2v) is 6.48. The van der Waals surface area contributed by atoms with E-state index in [-0.39, 0.29) is 18.4 Å². The first-order valence-electron chi connectivity index (χ1n) is 7.09. The van der Waals surface area contributed by atoms with Gasteiger partial charge in [0, 0.05) is 18.7 Å². The molecule has 3 N–H and O–H groups in total. The molecule has 0 radical (unpaired) electrons. The quantitative estimate of drug-likeness (QED) is 0.642. The fourth-order valence-electron chi connectivity index (χ4n) is 2.47. The van der Waals surface area contributed by atoms with Crippen molar-refractivity contribution in [2.75, 3.05) is 12.3 Å². The van der Waals surface area contributed by atoms with E-state index in [0.717, 1.165) is 5.56 Å².